The Labute approximate surface area is 39.7 Å². The first-order valence-corrected chi connectivity index (χ1v) is 1.22. The lowest BCUT2D eigenvalue weighted by molar-refractivity contribution is -0.456. The molecule has 0 saturated carbocycles. The fraction of sp³-hybridized carbons (Fsp3) is 1.00. The molecule has 0 spiro atoms. The number of hydrogen-bond donors (Lipinski definition) is 4. The number of aliphatic hydroxyl groups excluding tert-OH is 1. The molecule has 0 aromatic rings. The fourth-order valence-corrected chi connectivity index (χ4v) is 0.0167. The molecule has 4 N–H and O–H groups in total. The van der Waals surface area contributed by atoms with Gasteiger partial charge in [0, 0.05) is 7.11 Å². The second-order valence-electron chi connectivity index (χ2n) is 0.266. The minimum atomic E-state index is 1.00. The van der Waals surface area contributed by atoms with E-state index in [1.54, 1.807) is 0 Å². The molecular weight excluding hydrogens is 106 g/mol. The molecule has 0 aliphatic carbocycles. The number of rotatable bonds is 2. The summed E-state index contributed by atoms with van der Waals surface area (Å²) in [5.41, 5.74) is 1.22. The number of nitrogens with one attached hydrogen (secondary N) is 1. The summed E-state index contributed by atoms with van der Waals surface area (Å²) in [6.07, 6.45) is 0. The van der Waals surface area contributed by atoms with Crippen LogP contribution < -0.4 is 5.64 Å². The minimum Gasteiger partial charge on any atom is -0.400 e. The molecule has 0 aromatic heterocycles. The van der Waals surface area contributed by atoms with Gasteiger partial charge in [0.05, 0.1) is 0 Å². The highest BCUT2D eigenvalue weighted by atomic mass is 17.3. The largest absolute Gasteiger partial charge is 0.400 e. The molecule has 0 bridgehead atoms. The Morgan fingerprint density at radius 3 is 1.43 bits per heavy atom. The molecule has 6 heteroatoms. The molecule has 0 saturated heterocycles. The van der Waals surface area contributed by atoms with E-state index in [2.05, 4.69) is 9.98 Å². The van der Waals surface area contributed by atoms with E-state index in [-0.39, 0.29) is 0 Å². The maximum absolute atomic E-state index is 7.17. The Kier molecular flexibility index (Phi) is 24.2. The Morgan fingerprint density at radius 2 is 1.43 bits per heavy atom. The predicted molar refractivity (Wildman–Crippen MR) is 18.7 cm³/mol. The van der Waals surface area contributed by atoms with Crippen molar-refractivity contribution in [1.82, 2.24) is 5.64 Å². The van der Waals surface area contributed by atoms with Crippen LogP contribution in [0.4, 0.5) is 0 Å². The van der Waals surface area contributed by atoms with Crippen molar-refractivity contribution in [2.45, 2.75) is 0 Å². The van der Waals surface area contributed by atoms with Gasteiger partial charge in [0.1, 0.15) is 0 Å². The van der Waals surface area contributed by atoms with Crippen molar-refractivity contribution in [2.24, 2.45) is 0 Å². The molecule has 0 unspecified atom stereocenters. The van der Waals surface area contributed by atoms with Crippen molar-refractivity contribution < 1.29 is 25.6 Å². The average molecular weight is 113 g/mol. The Morgan fingerprint density at radius 1 is 1.14 bits per heavy atom. The van der Waals surface area contributed by atoms with Crippen LogP contribution >= 0.6 is 0 Å². The molecule has 0 aromatic carbocycles. The summed E-state index contributed by atoms with van der Waals surface area (Å²) in [6, 6.07) is 0. The Hall–Kier alpha value is -0.240. The van der Waals surface area contributed by atoms with E-state index < -0.39 is 0 Å². The normalized spacial score (nSPS) is 6.86. The van der Waals surface area contributed by atoms with Crippen LogP contribution in [-0.4, -0.2) is 22.7 Å². The Bertz CT molecular complexity index is 15.6. The highest BCUT2D eigenvalue weighted by Crippen LogP contribution is 1.44. The van der Waals surface area contributed by atoms with Crippen molar-refractivity contribution in [3.8, 4) is 0 Å². The van der Waals surface area contributed by atoms with Gasteiger partial charge in [0.2, 0.25) is 0 Å². The topological polar surface area (TPSA) is 91.2 Å². The zero-order valence-electron chi connectivity index (χ0n) is 3.66. The van der Waals surface area contributed by atoms with Gasteiger partial charge in [-0.3, -0.25) is 0 Å². The molecule has 0 heterocycles. The fourth-order valence-electron chi connectivity index (χ4n) is 0.0167. The van der Waals surface area contributed by atoms with E-state index >= 15 is 0 Å². The molecule has 7 heavy (non-hydrogen) atoms. The molecule has 0 radical (unpaired) electrons. The molecular formula is CH7NO5. The standard InChI is InChI=1S/CH4O.H3NO4/c1-2;2-4-1-5-3/h2H,1H3;1-3H. The molecule has 0 fully saturated rings. The second kappa shape index (κ2) is 17.1. The quantitative estimate of drug-likeness (QED) is 0.271. The zero-order valence-corrected chi connectivity index (χ0v) is 3.66. The van der Waals surface area contributed by atoms with Gasteiger partial charge in [-0.25, -0.2) is 10.5 Å². The van der Waals surface area contributed by atoms with E-state index in [0.717, 1.165) is 7.11 Å². The molecule has 0 rings (SSSR count). The van der Waals surface area contributed by atoms with Crippen molar-refractivity contribution >= 4 is 0 Å². The summed E-state index contributed by atoms with van der Waals surface area (Å²) in [5, 5.41) is 21.3. The van der Waals surface area contributed by atoms with Crippen LogP contribution in [0.5, 0.6) is 0 Å². The zero-order chi connectivity index (χ0) is 6.12. The maximum Gasteiger partial charge on any atom is 0.0319 e. The van der Waals surface area contributed by atoms with Gasteiger partial charge in [-0.05, 0) is 5.64 Å². The highest BCUT2D eigenvalue weighted by molar-refractivity contribution is 3.29. The predicted octanol–water partition coefficient (Wildman–Crippen LogP) is -1.01. The third kappa shape index (κ3) is 26.3. The average Bonchev–Trinajstić information content (AvgIpc) is 1.75. The maximum atomic E-state index is 7.17. The van der Waals surface area contributed by atoms with Gasteiger partial charge in [-0.1, -0.05) is 0 Å². The number of aliphatic hydroxyl groups is 1. The van der Waals surface area contributed by atoms with E-state index in [0.29, 0.717) is 0 Å². The van der Waals surface area contributed by atoms with E-state index in [1.807, 2.05) is 0 Å². The lowest BCUT2D eigenvalue weighted by Crippen LogP contribution is -2.08. The van der Waals surface area contributed by atoms with Crippen LogP contribution in [0, 0.1) is 0 Å². The summed E-state index contributed by atoms with van der Waals surface area (Å²) in [7, 11) is 1.00. The van der Waals surface area contributed by atoms with Crippen LogP contribution in [0.2, 0.25) is 0 Å². The smallest absolute Gasteiger partial charge is 0.0319 e. The molecule has 46 valence electrons. The van der Waals surface area contributed by atoms with E-state index in [9.17, 15) is 0 Å². The second-order valence-corrected chi connectivity index (χ2v) is 0.266. The van der Waals surface area contributed by atoms with Gasteiger partial charge in [0.25, 0.3) is 0 Å². The van der Waals surface area contributed by atoms with Gasteiger partial charge in [-0.2, -0.15) is 0 Å². The molecule has 0 amide bonds. The van der Waals surface area contributed by atoms with Crippen LogP contribution in [0.15, 0.2) is 0 Å². The van der Waals surface area contributed by atoms with Gasteiger partial charge in [0.15, 0.2) is 0 Å². The minimum absolute atomic E-state index is 1.00. The first kappa shape index (κ1) is 9.90. The highest BCUT2D eigenvalue weighted by Gasteiger charge is 1.64. The van der Waals surface area contributed by atoms with Crippen LogP contribution in [0.25, 0.3) is 0 Å². The summed E-state index contributed by atoms with van der Waals surface area (Å²) in [5.74, 6) is 0. The molecule has 0 aliphatic heterocycles. The Balaban J connectivity index is 0. The molecule has 0 atom stereocenters. The van der Waals surface area contributed by atoms with Crippen molar-refractivity contribution in [3.05, 3.63) is 0 Å². The van der Waals surface area contributed by atoms with Crippen molar-refractivity contribution in [1.29, 1.82) is 0 Å². The SMILES string of the molecule is CO.OONOO. The lowest BCUT2D eigenvalue weighted by Gasteiger charge is -1.84. The third-order valence-corrected chi connectivity index (χ3v) is 0.0745. The molecule has 6 nitrogen and oxygen atoms in total. The summed E-state index contributed by atoms with van der Waals surface area (Å²) in [6.45, 7) is 0. The molecule has 0 aliphatic rings. The summed E-state index contributed by atoms with van der Waals surface area (Å²) in [4.78, 5) is 5.94. The van der Waals surface area contributed by atoms with Gasteiger partial charge < -0.3 is 5.11 Å². The van der Waals surface area contributed by atoms with Gasteiger partial charge in [-0.15, -0.1) is 9.98 Å². The van der Waals surface area contributed by atoms with Crippen molar-refractivity contribution in [3.63, 3.8) is 0 Å². The van der Waals surface area contributed by atoms with Crippen LogP contribution in [0.1, 0.15) is 0 Å². The summed E-state index contributed by atoms with van der Waals surface area (Å²) < 4.78 is 0. The first-order valence-electron chi connectivity index (χ1n) is 1.22. The summed E-state index contributed by atoms with van der Waals surface area (Å²) >= 11 is 0. The van der Waals surface area contributed by atoms with E-state index in [4.69, 9.17) is 15.6 Å². The first-order chi connectivity index (χ1) is 3.41. The van der Waals surface area contributed by atoms with Crippen LogP contribution in [-0.2, 0) is 9.98 Å². The van der Waals surface area contributed by atoms with Crippen LogP contribution in [0.3, 0.4) is 0 Å². The monoisotopic (exact) mass is 113 g/mol. The van der Waals surface area contributed by atoms with Crippen molar-refractivity contribution in [2.75, 3.05) is 7.11 Å². The van der Waals surface area contributed by atoms with E-state index in [1.165, 1.54) is 5.64 Å². The third-order valence-electron chi connectivity index (χ3n) is 0.0745. The lowest BCUT2D eigenvalue weighted by atomic mass is 11.8. The number of hydrogen-bond acceptors (Lipinski definition) is 6. The van der Waals surface area contributed by atoms with Gasteiger partial charge >= 0.3 is 0 Å².